The molecule has 14 heavy (non-hydrogen) atoms. The molecule has 0 bridgehead atoms. The number of amidine groups is 1. The van der Waals surface area contributed by atoms with Crippen LogP contribution >= 0.6 is 12.6 Å². The third kappa shape index (κ3) is 4.16. The van der Waals surface area contributed by atoms with Gasteiger partial charge in [-0.05, 0) is 18.6 Å². The molecule has 1 rings (SSSR count). The molecule has 1 N–H and O–H groups in total. The van der Waals surface area contributed by atoms with Gasteiger partial charge in [0.2, 0.25) is 6.19 Å². The van der Waals surface area contributed by atoms with Gasteiger partial charge in [-0.25, -0.2) is 0 Å². The van der Waals surface area contributed by atoms with Crippen molar-refractivity contribution in [3.8, 4) is 6.19 Å². The average molecular weight is 215 g/mol. The van der Waals surface area contributed by atoms with Gasteiger partial charge >= 0.3 is 29.6 Å². The Labute approximate surface area is 111 Å². The van der Waals surface area contributed by atoms with Gasteiger partial charge < -0.3 is 5.32 Å². The van der Waals surface area contributed by atoms with E-state index in [1.165, 1.54) is 0 Å². The molecule has 0 spiro atoms. The summed E-state index contributed by atoms with van der Waals surface area (Å²) in [5.74, 6) is 0. The zero-order valence-corrected chi connectivity index (χ0v) is 8.05. The molecule has 0 saturated carbocycles. The molecule has 0 amide bonds. The Hall–Kier alpha value is -0.470. The van der Waals surface area contributed by atoms with Gasteiger partial charge in [0.05, 0.1) is 0 Å². The van der Waals surface area contributed by atoms with Crippen LogP contribution in [0.2, 0.25) is 0 Å². The molecule has 0 unspecified atom stereocenters. The second-order valence-corrected chi connectivity index (χ2v) is 2.90. The molecule has 1 aromatic rings. The van der Waals surface area contributed by atoms with Crippen molar-refractivity contribution in [1.29, 1.82) is 5.26 Å². The van der Waals surface area contributed by atoms with Crippen molar-refractivity contribution in [2.24, 2.45) is 4.99 Å². The van der Waals surface area contributed by atoms with Gasteiger partial charge in [0, 0.05) is 5.69 Å². The van der Waals surface area contributed by atoms with Gasteiger partial charge in [-0.15, -0.1) is 17.6 Å². The minimum absolute atomic E-state index is 0. The van der Waals surface area contributed by atoms with Crippen LogP contribution in [0.15, 0.2) is 29.3 Å². The Kier molecular flexibility index (Phi) is 6.67. The van der Waals surface area contributed by atoms with Crippen LogP contribution in [-0.4, -0.2) is 34.7 Å². The van der Waals surface area contributed by atoms with E-state index in [1.807, 2.05) is 31.2 Å². The summed E-state index contributed by atoms with van der Waals surface area (Å²) in [5.41, 5.74) is 1.99. The maximum absolute atomic E-state index is 8.26. The number of aryl methyl sites for hydroxylation is 1. The molecular formula is C9H10N3NaS. The van der Waals surface area contributed by atoms with Crippen LogP contribution in [0.4, 0.5) is 5.69 Å². The Balaban J connectivity index is 0.00000169. The van der Waals surface area contributed by atoms with E-state index in [1.54, 1.807) is 6.19 Å². The molecule has 0 fully saturated rings. The van der Waals surface area contributed by atoms with Crippen molar-refractivity contribution in [3.63, 3.8) is 0 Å². The molecule has 0 aromatic heterocycles. The first kappa shape index (κ1) is 13.5. The zero-order valence-electron chi connectivity index (χ0n) is 7.15. The third-order valence-electron chi connectivity index (χ3n) is 1.55. The molecule has 0 aliphatic heterocycles. The Morgan fingerprint density at radius 1 is 1.50 bits per heavy atom. The molecular weight excluding hydrogens is 205 g/mol. The molecule has 0 atom stereocenters. The van der Waals surface area contributed by atoms with E-state index < -0.39 is 0 Å². The second kappa shape index (κ2) is 6.91. The van der Waals surface area contributed by atoms with Crippen molar-refractivity contribution in [2.45, 2.75) is 6.92 Å². The zero-order chi connectivity index (χ0) is 9.68. The first-order valence-corrected chi connectivity index (χ1v) is 4.17. The third-order valence-corrected chi connectivity index (χ3v) is 1.76. The molecule has 0 saturated heterocycles. The van der Waals surface area contributed by atoms with Crippen molar-refractivity contribution in [3.05, 3.63) is 29.8 Å². The van der Waals surface area contributed by atoms with E-state index in [-0.39, 0.29) is 29.6 Å². The van der Waals surface area contributed by atoms with Crippen molar-refractivity contribution >= 4 is 53.0 Å². The van der Waals surface area contributed by atoms with Crippen LogP contribution in [0.25, 0.3) is 0 Å². The van der Waals surface area contributed by atoms with E-state index >= 15 is 0 Å². The van der Waals surface area contributed by atoms with E-state index in [9.17, 15) is 0 Å². The molecule has 0 aliphatic carbocycles. The van der Waals surface area contributed by atoms with Crippen LogP contribution in [0, 0.1) is 18.4 Å². The predicted octanol–water partition coefficient (Wildman–Crippen LogP) is 1.53. The number of thiol groups is 1. The fourth-order valence-corrected chi connectivity index (χ4v) is 1.07. The molecule has 1 aromatic carbocycles. The molecule has 0 radical (unpaired) electrons. The number of hydrogen-bond acceptors (Lipinski definition) is 2. The van der Waals surface area contributed by atoms with Gasteiger partial charge in [0.15, 0.2) is 5.17 Å². The second-order valence-electron chi connectivity index (χ2n) is 2.48. The molecule has 3 nitrogen and oxygen atoms in total. The topological polar surface area (TPSA) is 48.2 Å². The maximum atomic E-state index is 8.26. The first-order valence-electron chi connectivity index (χ1n) is 3.72. The van der Waals surface area contributed by atoms with E-state index in [2.05, 4.69) is 22.9 Å². The summed E-state index contributed by atoms with van der Waals surface area (Å²) < 4.78 is 0. The Morgan fingerprint density at radius 2 is 2.14 bits per heavy atom. The van der Waals surface area contributed by atoms with E-state index in [0.29, 0.717) is 5.17 Å². The van der Waals surface area contributed by atoms with Crippen molar-refractivity contribution < 1.29 is 0 Å². The monoisotopic (exact) mass is 215 g/mol. The van der Waals surface area contributed by atoms with Gasteiger partial charge in [-0.2, -0.15) is 5.26 Å². The standard InChI is InChI=1S/C9H9N3S.Na.H/c1-7-4-2-3-5-8(7)12-9(13)11-6-10;;/h2-5H,1H3,(H2,11,12,13);;. The normalized spacial score (nSPS) is 9.93. The number of benzene rings is 1. The quantitative estimate of drug-likeness (QED) is 0.245. The van der Waals surface area contributed by atoms with E-state index in [4.69, 9.17) is 5.26 Å². The summed E-state index contributed by atoms with van der Waals surface area (Å²) in [6, 6.07) is 7.72. The number of nitrogens with zero attached hydrogens (tertiary/aromatic N) is 2. The van der Waals surface area contributed by atoms with Crippen molar-refractivity contribution in [2.75, 3.05) is 5.32 Å². The SMILES string of the molecule is Cc1ccccc1NC(S)=NC#N.[NaH]. The molecule has 5 heteroatoms. The Bertz CT molecular complexity index is 371. The van der Waals surface area contributed by atoms with Crippen molar-refractivity contribution in [1.82, 2.24) is 0 Å². The number of nitriles is 1. The number of rotatable bonds is 1. The summed E-state index contributed by atoms with van der Waals surface area (Å²) in [6.07, 6.45) is 1.66. The van der Waals surface area contributed by atoms with Crippen LogP contribution in [0.3, 0.4) is 0 Å². The summed E-state index contributed by atoms with van der Waals surface area (Å²) >= 11 is 3.99. The number of nitrogens with one attached hydrogen (secondary N) is 1. The van der Waals surface area contributed by atoms with Crippen LogP contribution in [0.5, 0.6) is 0 Å². The molecule has 0 heterocycles. The number of anilines is 1. The number of para-hydroxylation sites is 1. The first-order chi connectivity index (χ1) is 6.24. The van der Waals surface area contributed by atoms with Crippen LogP contribution in [-0.2, 0) is 0 Å². The fourth-order valence-electron chi connectivity index (χ4n) is 0.909. The van der Waals surface area contributed by atoms with Crippen LogP contribution < -0.4 is 5.32 Å². The number of hydrogen-bond donors (Lipinski definition) is 2. The fraction of sp³-hybridized carbons (Fsp3) is 0.111. The van der Waals surface area contributed by atoms with Gasteiger partial charge in [0.25, 0.3) is 0 Å². The summed E-state index contributed by atoms with van der Waals surface area (Å²) in [4.78, 5) is 3.44. The van der Waals surface area contributed by atoms with Gasteiger partial charge in [0.1, 0.15) is 0 Å². The Morgan fingerprint density at radius 3 is 2.71 bits per heavy atom. The summed E-state index contributed by atoms with van der Waals surface area (Å²) in [5, 5.41) is 11.5. The van der Waals surface area contributed by atoms with Crippen LogP contribution in [0.1, 0.15) is 5.56 Å². The average Bonchev–Trinajstić information content (AvgIpc) is 2.09. The number of aliphatic imine (C=N–C) groups is 1. The van der Waals surface area contributed by atoms with Gasteiger partial charge in [-0.1, -0.05) is 18.2 Å². The molecule has 0 aliphatic rings. The summed E-state index contributed by atoms with van der Waals surface area (Å²) in [6.45, 7) is 1.97. The minimum atomic E-state index is 0. The van der Waals surface area contributed by atoms with Gasteiger partial charge in [-0.3, -0.25) is 0 Å². The summed E-state index contributed by atoms with van der Waals surface area (Å²) in [7, 11) is 0. The van der Waals surface area contributed by atoms with E-state index in [0.717, 1.165) is 11.3 Å². The molecule has 68 valence electrons. The predicted molar refractivity (Wildman–Crippen MR) is 64.0 cm³/mol.